The van der Waals surface area contributed by atoms with Crippen molar-refractivity contribution in [2.24, 2.45) is 0 Å². The monoisotopic (exact) mass is 478 g/mol. The van der Waals surface area contributed by atoms with E-state index in [2.05, 4.69) is 20.0 Å². The van der Waals surface area contributed by atoms with E-state index >= 15 is 0 Å². The van der Waals surface area contributed by atoms with Crippen LogP contribution in [0.2, 0.25) is 0 Å². The van der Waals surface area contributed by atoms with E-state index in [0.717, 1.165) is 23.4 Å². The number of anilines is 1. The molecule has 0 aliphatic carbocycles. The highest BCUT2D eigenvalue weighted by Gasteiger charge is 2.20. The number of H-pyrrole nitrogens is 1. The molecule has 0 bridgehead atoms. The SMILES string of the molecule is CCC(NC(=O)c1cccc(S(=O)(=O)Nc2ccc(F)cc2)c1)c1ncc(-c2ccccc2)[nH]1. The first-order valence-electron chi connectivity index (χ1n) is 10.7. The molecule has 0 saturated carbocycles. The van der Waals surface area contributed by atoms with Gasteiger partial charge in [-0.2, -0.15) is 0 Å². The second kappa shape index (κ2) is 9.88. The number of hydrogen-bond acceptors (Lipinski definition) is 4. The molecule has 4 aromatic rings. The van der Waals surface area contributed by atoms with Gasteiger partial charge < -0.3 is 10.3 Å². The van der Waals surface area contributed by atoms with Crippen LogP contribution in [0.25, 0.3) is 11.3 Å². The summed E-state index contributed by atoms with van der Waals surface area (Å²) in [6.07, 6.45) is 2.30. The fraction of sp³-hybridized carbons (Fsp3) is 0.120. The van der Waals surface area contributed by atoms with Crippen molar-refractivity contribution in [2.45, 2.75) is 24.3 Å². The molecule has 0 aliphatic heterocycles. The van der Waals surface area contributed by atoms with E-state index in [1.807, 2.05) is 37.3 Å². The molecule has 0 radical (unpaired) electrons. The fourth-order valence-corrected chi connectivity index (χ4v) is 4.52. The number of carbonyl (C=O) groups is 1. The molecule has 1 heterocycles. The highest BCUT2D eigenvalue weighted by molar-refractivity contribution is 7.92. The second-order valence-electron chi connectivity index (χ2n) is 7.62. The Hall–Kier alpha value is -3.98. The lowest BCUT2D eigenvalue weighted by molar-refractivity contribution is 0.0933. The Morgan fingerprint density at radius 1 is 1.03 bits per heavy atom. The van der Waals surface area contributed by atoms with E-state index in [1.54, 1.807) is 6.20 Å². The molecule has 1 unspecified atom stereocenters. The molecular formula is C25H23FN4O3S. The van der Waals surface area contributed by atoms with Crippen molar-refractivity contribution >= 4 is 21.6 Å². The quantitative estimate of drug-likeness (QED) is 0.335. The van der Waals surface area contributed by atoms with Gasteiger partial charge in [-0.1, -0.05) is 43.3 Å². The Kier molecular flexibility index (Phi) is 6.74. The Labute approximate surface area is 197 Å². The predicted octanol–water partition coefficient (Wildman–Crippen LogP) is 4.90. The number of hydrogen-bond donors (Lipinski definition) is 3. The Morgan fingerprint density at radius 2 is 1.76 bits per heavy atom. The van der Waals surface area contributed by atoms with E-state index in [0.29, 0.717) is 12.2 Å². The van der Waals surface area contributed by atoms with Crippen molar-refractivity contribution < 1.29 is 17.6 Å². The van der Waals surface area contributed by atoms with Gasteiger partial charge in [-0.15, -0.1) is 0 Å². The zero-order valence-electron chi connectivity index (χ0n) is 18.3. The van der Waals surface area contributed by atoms with Crippen LogP contribution in [0.1, 0.15) is 35.6 Å². The lowest BCUT2D eigenvalue weighted by atomic mass is 10.1. The smallest absolute Gasteiger partial charge is 0.261 e. The fourth-order valence-electron chi connectivity index (χ4n) is 3.42. The topological polar surface area (TPSA) is 104 Å². The molecule has 0 spiro atoms. The molecule has 34 heavy (non-hydrogen) atoms. The van der Waals surface area contributed by atoms with Crippen molar-refractivity contribution in [2.75, 3.05) is 4.72 Å². The molecule has 1 aromatic heterocycles. The number of carbonyl (C=O) groups excluding carboxylic acids is 1. The molecule has 4 rings (SSSR count). The number of aromatic amines is 1. The van der Waals surface area contributed by atoms with Gasteiger partial charge in [0.25, 0.3) is 15.9 Å². The van der Waals surface area contributed by atoms with Gasteiger partial charge in [0.2, 0.25) is 0 Å². The Bertz CT molecular complexity index is 1390. The maximum Gasteiger partial charge on any atom is 0.261 e. The van der Waals surface area contributed by atoms with Crippen LogP contribution in [0.3, 0.4) is 0 Å². The normalized spacial score (nSPS) is 12.2. The molecule has 174 valence electrons. The lowest BCUT2D eigenvalue weighted by Gasteiger charge is -2.15. The number of nitrogens with one attached hydrogen (secondary N) is 3. The summed E-state index contributed by atoms with van der Waals surface area (Å²) in [6, 6.07) is 20.0. The van der Waals surface area contributed by atoms with Crippen LogP contribution in [0.5, 0.6) is 0 Å². The van der Waals surface area contributed by atoms with Gasteiger partial charge in [-0.05, 0) is 54.4 Å². The van der Waals surface area contributed by atoms with Crippen LogP contribution in [-0.4, -0.2) is 24.3 Å². The predicted molar refractivity (Wildman–Crippen MR) is 128 cm³/mol. The first kappa shape index (κ1) is 23.2. The first-order valence-corrected chi connectivity index (χ1v) is 12.1. The number of imidazole rings is 1. The van der Waals surface area contributed by atoms with Crippen LogP contribution in [0.15, 0.2) is 90.0 Å². The average Bonchev–Trinajstić information content (AvgIpc) is 3.34. The molecular weight excluding hydrogens is 455 g/mol. The number of benzene rings is 3. The van der Waals surface area contributed by atoms with Gasteiger partial charge in [0, 0.05) is 11.3 Å². The minimum Gasteiger partial charge on any atom is -0.342 e. The summed E-state index contributed by atoms with van der Waals surface area (Å²) < 4.78 is 41.0. The second-order valence-corrected chi connectivity index (χ2v) is 9.31. The lowest BCUT2D eigenvalue weighted by Crippen LogP contribution is -2.29. The number of amides is 1. The summed E-state index contributed by atoms with van der Waals surface area (Å²) in [5.41, 5.74) is 2.22. The summed E-state index contributed by atoms with van der Waals surface area (Å²) in [5.74, 6) is -0.292. The standard InChI is InChI=1S/C25H23FN4O3S/c1-2-22(24-27-16-23(28-24)17-7-4-3-5-8-17)29-25(31)18-9-6-10-21(15-18)34(32,33)30-20-13-11-19(26)12-14-20/h3-16,22,30H,2H2,1H3,(H,27,28)(H,29,31). The Balaban J connectivity index is 1.50. The molecule has 3 N–H and O–H groups in total. The largest absolute Gasteiger partial charge is 0.342 e. The highest BCUT2D eigenvalue weighted by Crippen LogP contribution is 2.22. The van der Waals surface area contributed by atoms with E-state index in [-0.39, 0.29) is 22.2 Å². The number of sulfonamides is 1. The molecule has 9 heteroatoms. The summed E-state index contributed by atoms with van der Waals surface area (Å²) >= 11 is 0. The molecule has 0 aliphatic rings. The summed E-state index contributed by atoms with van der Waals surface area (Å²) in [7, 11) is -3.97. The number of aromatic nitrogens is 2. The zero-order valence-corrected chi connectivity index (χ0v) is 19.1. The summed E-state index contributed by atoms with van der Waals surface area (Å²) in [6.45, 7) is 1.92. The third-order valence-electron chi connectivity index (χ3n) is 5.23. The van der Waals surface area contributed by atoms with Crippen molar-refractivity contribution in [3.63, 3.8) is 0 Å². The average molecular weight is 479 g/mol. The van der Waals surface area contributed by atoms with Crippen molar-refractivity contribution in [3.05, 3.63) is 102 Å². The van der Waals surface area contributed by atoms with Crippen LogP contribution in [0, 0.1) is 5.82 Å². The van der Waals surface area contributed by atoms with E-state index in [4.69, 9.17) is 0 Å². The number of halogens is 1. The maximum atomic E-state index is 13.1. The highest BCUT2D eigenvalue weighted by atomic mass is 32.2. The van der Waals surface area contributed by atoms with Crippen molar-refractivity contribution in [1.29, 1.82) is 0 Å². The van der Waals surface area contributed by atoms with Gasteiger partial charge in [-0.25, -0.2) is 17.8 Å². The van der Waals surface area contributed by atoms with Gasteiger partial charge >= 0.3 is 0 Å². The summed E-state index contributed by atoms with van der Waals surface area (Å²) in [4.78, 5) is 20.5. The van der Waals surface area contributed by atoms with E-state index in [9.17, 15) is 17.6 Å². The van der Waals surface area contributed by atoms with E-state index < -0.39 is 21.7 Å². The van der Waals surface area contributed by atoms with Gasteiger partial charge in [0.15, 0.2) is 0 Å². The van der Waals surface area contributed by atoms with Crippen LogP contribution < -0.4 is 10.0 Å². The third-order valence-corrected chi connectivity index (χ3v) is 6.61. The minimum absolute atomic E-state index is 0.0816. The third kappa shape index (κ3) is 5.32. The van der Waals surface area contributed by atoms with Crippen LogP contribution in [-0.2, 0) is 10.0 Å². The van der Waals surface area contributed by atoms with Crippen LogP contribution >= 0.6 is 0 Å². The minimum atomic E-state index is -3.97. The molecule has 1 amide bonds. The maximum absolute atomic E-state index is 13.1. The molecule has 7 nitrogen and oxygen atoms in total. The zero-order chi connectivity index (χ0) is 24.1. The van der Waals surface area contributed by atoms with Crippen LogP contribution in [0.4, 0.5) is 10.1 Å². The van der Waals surface area contributed by atoms with Crippen molar-refractivity contribution in [1.82, 2.24) is 15.3 Å². The molecule has 3 aromatic carbocycles. The van der Waals surface area contributed by atoms with E-state index in [1.165, 1.54) is 36.4 Å². The first-order chi connectivity index (χ1) is 16.4. The molecule has 1 atom stereocenters. The number of nitrogens with zero attached hydrogens (tertiary/aromatic N) is 1. The van der Waals surface area contributed by atoms with Gasteiger partial charge in [0.05, 0.1) is 22.8 Å². The molecule has 0 saturated heterocycles. The Morgan fingerprint density at radius 3 is 2.47 bits per heavy atom. The number of rotatable bonds is 8. The summed E-state index contributed by atoms with van der Waals surface area (Å²) in [5, 5.41) is 2.91. The van der Waals surface area contributed by atoms with Crippen molar-refractivity contribution in [3.8, 4) is 11.3 Å². The molecule has 0 fully saturated rings. The van der Waals surface area contributed by atoms with Gasteiger partial charge in [-0.3, -0.25) is 9.52 Å². The van der Waals surface area contributed by atoms with Gasteiger partial charge in [0.1, 0.15) is 11.6 Å².